The first-order valence-corrected chi connectivity index (χ1v) is 9.62. The maximum Gasteiger partial charge on any atom is 0.229 e. The van der Waals surface area contributed by atoms with Crippen molar-refractivity contribution in [1.82, 2.24) is 15.0 Å². The van der Waals surface area contributed by atoms with Crippen molar-refractivity contribution in [2.45, 2.75) is 56.0 Å². The van der Waals surface area contributed by atoms with E-state index in [-0.39, 0.29) is 0 Å². The van der Waals surface area contributed by atoms with Crippen LogP contribution in [0.1, 0.15) is 67.3 Å². The molecule has 3 atom stereocenters. The SMILES string of the molecule is c1ccc([C@@H]2C[C@H](c3noc(C4CCOCC4)n3)[C@H]3CCCN32)cc1. The Bertz CT molecular complexity index is 711. The van der Waals surface area contributed by atoms with Gasteiger partial charge in [-0.2, -0.15) is 4.98 Å². The largest absolute Gasteiger partial charge is 0.381 e. The van der Waals surface area contributed by atoms with E-state index >= 15 is 0 Å². The number of hydrogen-bond acceptors (Lipinski definition) is 5. The minimum Gasteiger partial charge on any atom is -0.381 e. The zero-order chi connectivity index (χ0) is 16.6. The predicted octanol–water partition coefficient (Wildman–Crippen LogP) is 3.66. The molecule has 4 heterocycles. The molecule has 3 aliphatic heterocycles. The lowest BCUT2D eigenvalue weighted by Crippen LogP contribution is -2.27. The van der Waals surface area contributed by atoms with Gasteiger partial charge in [0.1, 0.15) is 0 Å². The highest BCUT2D eigenvalue weighted by Gasteiger charge is 2.46. The van der Waals surface area contributed by atoms with Crippen LogP contribution in [-0.2, 0) is 4.74 Å². The highest BCUT2D eigenvalue weighted by Crippen LogP contribution is 2.48. The van der Waals surface area contributed by atoms with Crippen molar-refractivity contribution < 1.29 is 9.26 Å². The van der Waals surface area contributed by atoms with Crippen LogP contribution in [0.5, 0.6) is 0 Å². The molecule has 2 aromatic rings. The molecule has 0 spiro atoms. The van der Waals surface area contributed by atoms with Crippen molar-refractivity contribution in [1.29, 1.82) is 0 Å². The maximum atomic E-state index is 5.67. The average Bonchev–Trinajstić information content (AvgIpc) is 3.39. The third kappa shape index (κ3) is 2.79. The summed E-state index contributed by atoms with van der Waals surface area (Å²) < 4.78 is 11.1. The number of aromatic nitrogens is 2. The molecule has 1 aromatic heterocycles. The molecule has 0 unspecified atom stereocenters. The Balaban J connectivity index is 1.39. The summed E-state index contributed by atoms with van der Waals surface area (Å²) in [6, 6.07) is 11.9. The number of ether oxygens (including phenoxy) is 1. The molecule has 25 heavy (non-hydrogen) atoms. The van der Waals surface area contributed by atoms with Crippen LogP contribution in [-0.4, -0.2) is 40.8 Å². The molecule has 5 rings (SSSR count). The van der Waals surface area contributed by atoms with Gasteiger partial charge in [0, 0.05) is 37.1 Å². The molecule has 3 saturated heterocycles. The van der Waals surface area contributed by atoms with E-state index in [1.807, 2.05) is 0 Å². The van der Waals surface area contributed by atoms with Gasteiger partial charge in [0.15, 0.2) is 5.82 Å². The predicted molar refractivity (Wildman–Crippen MR) is 93.4 cm³/mol. The molecule has 3 aliphatic rings. The maximum absolute atomic E-state index is 5.67. The van der Waals surface area contributed by atoms with Gasteiger partial charge in [-0.05, 0) is 44.2 Å². The monoisotopic (exact) mass is 339 g/mol. The second-order valence-corrected chi connectivity index (χ2v) is 7.59. The van der Waals surface area contributed by atoms with E-state index in [9.17, 15) is 0 Å². The fourth-order valence-corrected chi connectivity index (χ4v) is 4.96. The number of hydrogen-bond donors (Lipinski definition) is 0. The highest BCUT2D eigenvalue weighted by atomic mass is 16.5. The summed E-state index contributed by atoms with van der Waals surface area (Å²) >= 11 is 0. The lowest BCUT2D eigenvalue weighted by Gasteiger charge is -2.24. The Morgan fingerprint density at radius 1 is 1.04 bits per heavy atom. The summed E-state index contributed by atoms with van der Waals surface area (Å²) in [5, 5.41) is 4.41. The van der Waals surface area contributed by atoms with Crippen LogP contribution in [0.25, 0.3) is 0 Å². The second-order valence-electron chi connectivity index (χ2n) is 7.59. The summed E-state index contributed by atoms with van der Waals surface area (Å²) in [5.41, 5.74) is 1.42. The lowest BCUT2D eigenvalue weighted by atomic mass is 9.93. The molecule has 5 nitrogen and oxygen atoms in total. The summed E-state index contributed by atoms with van der Waals surface area (Å²) in [6.45, 7) is 2.79. The first kappa shape index (κ1) is 15.5. The van der Waals surface area contributed by atoms with Crippen molar-refractivity contribution in [3.8, 4) is 0 Å². The number of rotatable bonds is 3. The molecule has 3 fully saturated rings. The van der Waals surface area contributed by atoms with Gasteiger partial charge >= 0.3 is 0 Å². The van der Waals surface area contributed by atoms with Crippen LogP contribution in [0.2, 0.25) is 0 Å². The Morgan fingerprint density at radius 2 is 1.88 bits per heavy atom. The van der Waals surface area contributed by atoms with Gasteiger partial charge in [0.05, 0.1) is 0 Å². The molecule has 0 aliphatic carbocycles. The van der Waals surface area contributed by atoms with E-state index in [4.69, 9.17) is 14.2 Å². The van der Waals surface area contributed by atoms with E-state index in [0.29, 0.717) is 23.9 Å². The van der Waals surface area contributed by atoms with Crippen LogP contribution >= 0.6 is 0 Å². The van der Waals surface area contributed by atoms with Gasteiger partial charge in [-0.15, -0.1) is 0 Å². The molecule has 0 saturated carbocycles. The van der Waals surface area contributed by atoms with Gasteiger partial charge in [-0.1, -0.05) is 35.5 Å². The van der Waals surface area contributed by atoms with Crippen molar-refractivity contribution >= 4 is 0 Å². The smallest absolute Gasteiger partial charge is 0.229 e. The minimum absolute atomic E-state index is 0.376. The fraction of sp³-hybridized carbons (Fsp3) is 0.600. The number of fused-ring (bicyclic) bond motifs is 1. The number of benzene rings is 1. The zero-order valence-electron chi connectivity index (χ0n) is 14.5. The molecular formula is C20H25N3O2. The summed E-state index contributed by atoms with van der Waals surface area (Å²) in [6.07, 6.45) is 5.61. The Labute approximate surface area is 148 Å². The summed E-state index contributed by atoms with van der Waals surface area (Å²) in [7, 11) is 0. The zero-order valence-corrected chi connectivity index (χ0v) is 14.5. The molecule has 5 heteroatoms. The second kappa shape index (κ2) is 6.54. The number of nitrogens with zero attached hydrogens (tertiary/aromatic N) is 3. The van der Waals surface area contributed by atoms with Crippen LogP contribution in [0, 0.1) is 0 Å². The van der Waals surface area contributed by atoms with Gasteiger partial charge in [0.2, 0.25) is 5.89 Å². The van der Waals surface area contributed by atoms with Crippen LogP contribution in [0.4, 0.5) is 0 Å². The van der Waals surface area contributed by atoms with Crippen LogP contribution in [0.15, 0.2) is 34.9 Å². The Kier molecular flexibility index (Phi) is 4.06. The van der Waals surface area contributed by atoms with Crippen molar-refractivity contribution in [2.24, 2.45) is 0 Å². The van der Waals surface area contributed by atoms with Crippen molar-refractivity contribution in [3.63, 3.8) is 0 Å². The molecule has 1 aromatic carbocycles. The first-order valence-electron chi connectivity index (χ1n) is 9.62. The molecular weight excluding hydrogens is 314 g/mol. The van der Waals surface area contributed by atoms with E-state index in [1.54, 1.807) is 0 Å². The molecule has 0 amide bonds. The standard InChI is InChI=1S/C20H25N3O2/c1-2-5-14(6-3-1)18-13-16(17-7-4-10-23(17)18)19-21-20(25-22-19)15-8-11-24-12-9-15/h1-3,5-6,15-18H,4,7-13H2/t16-,17+,18-/m0/s1. The summed E-state index contributed by atoms with van der Waals surface area (Å²) in [4.78, 5) is 7.52. The van der Waals surface area contributed by atoms with E-state index < -0.39 is 0 Å². The Morgan fingerprint density at radius 3 is 2.72 bits per heavy atom. The van der Waals surface area contributed by atoms with Crippen molar-refractivity contribution in [2.75, 3.05) is 19.8 Å². The van der Waals surface area contributed by atoms with Gasteiger partial charge in [-0.25, -0.2) is 0 Å². The molecule has 132 valence electrons. The summed E-state index contributed by atoms with van der Waals surface area (Å²) in [5.74, 6) is 2.52. The molecule has 0 bridgehead atoms. The molecule has 0 N–H and O–H groups in total. The van der Waals surface area contributed by atoms with E-state index in [1.165, 1.54) is 24.9 Å². The van der Waals surface area contributed by atoms with Crippen LogP contribution in [0.3, 0.4) is 0 Å². The van der Waals surface area contributed by atoms with Gasteiger partial charge in [-0.3, -0.25) is 4.90 Å². The third-order valence-electron chi connectivity index (χ3n) is 6.23. The van der Waals surface area contributed by atoms with Gasteiger partial charge < -0.3 is 9.26 Å². The third-order valence-corrected chi connectivity index (χ3v) is 6.23. The quantitative estimate of drug-likeness (QED) is 0.854. The normalized spacial score (nSPS) is 30.6. The lowest BCUT2D eigenvalue weighted by molar-refractivity contribution is 0.0778. The van der Waals surface area contributed by atoms with Gasteiger partial charge in [0.25, 0.3) is 0 Å². The highest BCUT2D eigenvalue weighted by molar-refractivity contribution is 5.24. The minimum atomic E-state index is 0.376. The fourth-order valence-electron chi connectivity index (χ4n) is 4.96. The topological polar surface area (TPSA) is 51.4 Å². The van der Waals surface area contributed by atoms with Crippen LogP contribution < -0.4 is 0 Å². The average molecular weight is 339 g/mol. The molecule has 0 radical (unpaired) electrons. The van der Waals surface area contributed by atoms with E-state index in [0.717, 1.165) is 44.2 Å². The van der Waals surface area contributed by atoms with Crippen molar-refractivity contribution in [3.05, 3.63) is 47.6 Å². The Hall–Kier alpha value is -1.72. The first-order chi connectivity index (χ1) is 12.4. The van der Waals surface area contributed by atoms with E-state index in [2.05, 4.69) is 40.4 Å².